The van der Waals surface area contributed by atoms with Crippen molar-refractivity contribution < 1.29 is 19.1 Å². The van der Waals surface area contributed by atoms with Gasteiger partial charge in [0.15, 0.2) is 17.2 Å². The first-order valence-corrected chi connectivity index (χ1v) is 15.4. The van der Waals surface area contributed by atoms with Crippen molar-refractivity contribution in [3.8, 4) is 17.2 Å². The smallest absolute Gasteiger partial charge is 0.244 e. The molecule has 0 spiro atoms. The third kappa shape index (κ3) is 8.73. The number of carbonyl (C=O) groups excluding carboxylic acids is 2. The summed E-state index contributed by atoms with van der Waals surface area (Å²) in [7, 11) is 0. The monoisotopic (exact) mass is 589 g/mol. The largest absolute Gasteiger partial charge is 0.490 e. The van der Waals surface area contributed by atoms with Gasteiger partial charge in [0.25, 0.3) is 0 Å². The topological polar surface area (TPSA) is 71.1 Å². The van der Waals surface area contributed by atoms with Crippen molar-refractivity contribution in [2.24, 2.45) is 5.92 Å². The van der Waals surface area contributed by atoms with Gasteiger partial charge in [0.05, 0.1) is 25.4 Å². The number of likely N-dealkylation sites (tertiary alicyclic amines) is 1. The third-order valence-electron chi connectivity index (χ3n) is 7.99. The van der Waals surface area contributed by atoms with Crippen molar-refractivity contribution in [3.63, 3.8) is 0 Å². The van der Waals surface area contributed by atoms with Crippen LogP contribution in [0.3, 0.4) is 0 Å². The van der Waals surface area contributed by atoms with Gasteiger partial charge in [0.2, 0.25) is 11.8 Å². The molecule has 0 unspecified atom stereocenters. The molecule has 8 heteroatoms. The van der Waals surface area contributed by atoms with E-state index in [9.17, 15) is 9.59 Å². The van der Waals surface area contributed by atoms with Crippen LogP contribution in [0.2, 0.25) is 5.02 Å². The number of piperidine rings is 1. The zero-order valence-corrected chi connectivity index (χ0v) is 24.9. The molecule has 0 saturated carbocycles. The number of halogens is 1. The molecule has 42 heavy (non-hydrogen) atoms. The molecule has 1 fully saturated rings. The highest BCUT2D eigenvalue weighted by atomic mass is 35.5. The van der Waals surface area contributed by atoms with E-state index < -0.39 is 0 Å². The van der Waals surface area contributed by atoms with Crippen LogP contribution in [0.15, 0.2) is 72.8 Å². The molecule has 3 aromatic carbocycles. The van der Waals surface area contributed by atoms with Gasteiger partial charge in [-0.3, -0.25) is 14.5 Å². The Bertz CT molecular complexity index is 1330. The molecule has 2 aliphatic rings. The summed E-state index contributed by atoms with van der Waals surface area (Å²) >= 11 is 6.28. The van der Waals surface area contributed by atoms with Crippen LogP contribution in [-0.2, 0) is 16.0 Å². The first-order chi connectivity index (χ1) is 20.5. The van der Waals surface area contributed by atoms with Crippen LogP contribution in [0.25, 0.3) is 0 Å². The molecule has 0 bridgehead atoms. The second-order valence-electron chi connectivity index (χ2n) is 11.2. The van der Waals surface area contributed by atoms with E-state index in [1.807, 2.05) is 24.3 Å². The second-order valence-corrected chi connectivity index (χ2v) is 11.7. The lowest BCUT2D eigenvalue weighted by molar-refractivity contribution is -0.136. The summed E-state index contributed by atoms with van der Waals surface area (Å²) in [5.74, 6) is 2.01. The minimum atomic E-state index is -0.284. The summed E-state index contributed by atoms with van der Waals surface area (Å²) in [6, 6.07) is 23.2. The predicted octanol–water partition coefficient (Wildman–Crippen LogP) is 6.81. The zero-order chi connectivity index (χ0) is 29.1. The molecule has 0 radical (unpaired) electrons. The van der Waals surface area contributed by atoms with E-state index in [1.165, 1.54) is 5.56 Å². The maximum atomic E-state index is 13.5. The molecule has 2 amide bonds. The molecule has 1 N–H and O–H groups in total. The van der Waals surface area contributed by atoms with Crippen molar-refractivity contribution in [1.29, 1.82) is 0 Å². The van der Waals surface area contributed by atoms with Crippen molar-refractivity contribution >= 4 is 29.1 Å². The highest BCUT2D eigenvalue weighted by Gasteiger charge is 2.25. The minimum Gasteiger partial charge on any atom is -0.490 e. The number of nitrogens with zero attached hydrogens (tertiary/aromatic N) is 2. The molecule has 0 aromatic heterocycles. The van der Waals surface area contributed by atoms with Crippen LogP contribution in [0, 0.1) is 5.92 Å². The van der Waals surface area contributed by atoms with E-state index in [2.05, 4.69) is 40.5 Å². The van der Waals surface area contributed by atoms with Gasteiger partial charge in [-0.1, -0.05) is 66.9 Å². The number of nitrogens with one attached hydrogen (secondary N) is 1. The summed E-state index contributed by atoms with van der Waals surface area (Å²) in [6.07, 6.45) is 6.90. The lowest BCUT2D eigenvalue weighted by atomic mass is 9.90. The quantitative estimate of drug-likeness (QED) is 0.362. The Morgan fingerprint density at radius 3 is 2.40 bits per heavy atom. The Hall–Kier alpha value is -3.55. The van der Waals surface area contributed by atoms with Crippen LogP contribution < -0.4 is 14.8 Å². The standard InChI is InChI=1S/C34H40ClN3O4/c35-28-14-15-30-29(23-28)36-33(39)24-38(18-8-1-2-9-21-41-31-12-6-7-13-32(31)42-30)34(40)25-37-19-16-27(17-20-37)22-26-10-4-3-5-11-26/h3-7,10-15,23,27H,1-2,8-9,16-22,24-25H2,(H,36,39). The van der Waals surface area contributed by atoms with Gasteiger partial charge in [-0.2, -0.15) is 0 Å². The number of amides is 2. The Labute approximate surface area is 253 Å². The lowest BCUT2D eigenvalue weighted by Crippen LogP contribution is -2.46. The van der Waals surface area contributed by atoms with Crippen molar-refractivity contribution in [2.45, 2.75) is 44.9 Å². The average Bonchev–Trinajstić information content (AvgIpc) is 2.99. The fourth-order valence-electron chi connectivity index (χ4n) is 5.64. The number of ether oxygens (including phenoxy) is 2. The Morgan fingerprint density at radius 1 is 0.857 bits per heavy atom. The Kier molecular flexibility index (Phi) is 10.7. The number of benzene rings is 3. The van der Waals surface area contributed by atoms with Crippen LogP contribution in [0.1, 0.15) is 44.1 Å². The van der Waals surface area contributed by atoms with Crippen molar-refractivity contribution in [2.75, 3.05) is 44.6 Å². The fraction of sp³-hybridized carbons (Fsp3) is 0.412. The highest BCUT2D eigenvalue weighted by Crippen LogP contribution is 2.36. The van der Waals surface area contributed by atoms with Gasteiger partial charge in [-0.25, -0.2) is 0 Å². The zero-order valence-electron chi connectivity index (χ0n) is 24.1. The van der Waals surface area contributed by atoms with Gasteiger partial charge in [0, 0.05) is 11.6 Å². The summed E-state index contributed by atoms with van der Waals surface area (Å²) < 4.78 is 12.2. The molecular weight excluding hydrogens is 550 g/mol. The summed E-state index contributed by atoms with van der Waals surface area (Å²) in [5.41, 5.74) is 1.82. The van der Waals surface area contributed by atoms with Gasteiger partial charge >= 0.3 is 0 Å². The molecule has 0 atom stereocenters. The molecule has 2 heterocycles. The summed E-state index contributed by atoms with van der Waals surface area (Å²) in [4.78, 5) is 30.7. The number of hydrogen-bond acceptors (Lipinski definition) is 5. The fourth-order valence-corrected chi connectivity index (χ4v) is 5.82. The highest BCUT2D eigenvalue weighted by molar-refractivity contribution is 6.31. The van der Waals surface area contributed by atoms with E-state index in [4.69, 9.17) is 21.1 Å². The van der Waals surface area contributed by atoms with Crippen molar-refractivity contribution in [1.82, 2.24) is 9.80 Å². The van der Waals surface area contributed by atoms with Crippen LogP contribution in [0.4, 0.5) is 5.69 Å². The van der Waals surface area contributed by atoms with E-state index in [-0.39, 0.29) is 18.4 Å². The molecule has 3 aromatic rings. The predicted molar refractivity (Wildman–Crippen MR) is 166 cm³/mol. The number of carbonyl (C=O) groups is 2. The van der Waals surface area contributed by atoms with E-state index >= 15 is 0 Å². The molecule has 2 aliphatic heterocycles. The van der Waals surface area contributed by atoms with Crippen molar-refractivity contribution in [3.05, 3.63) is 83.4 Å². The van der Waals surface area contributed by atoms with Gasteiger partial charge in [-0.05, 0) is 87.0 Å². The maximum absolute atomic E-state index is 13.5. The van der Waals surface area contributed by atoms with E-state index in [0.29, 0.717) is 53.6 Å². The first-order valence-electron chi connectivity index (χ1n) is 15.1. The first kappa shape index (κ1) is 29.9. The normalized spacial score (nSPS) is 17.7. The minimum absolute atomic E-state index is 0.00685. The third-order valence-corrected chi connectivity index (χ3v) is 8.22. The summed E-state index contributed by atoms with van der Waals surface area (Å²) in [5, 5.41) is 3.41. The van der Waals surface area contributed by atoms with E-state index in [1.54, 1.807) is 23.1 Å². The Morgan fingerprint density at radius 2 is 1.60 bits per heavy atom. The Balaban J connectivity index is 1.23. The number of para-hydroxylation sites is 2. The average molecular weight is 590 g/mol. The number of hydrogen-bond donors (Lipinski definition) is 1. The van der Waals surface area contributed by atoms with E-state index in [0.717, 1.165) is 58.0 Å². The number of fused-ring (bicyclic) bond motifs is 2. The molecule has 5 rings (SSSR count). The SMILES string of the molecule is O=C1CN(C(=O)CN2CCC(Cc3ccccc3)CC2)CCCCCCOc2ccccc2Oc2ccc(Cl)cc2N1. The van der Waals surface area contributed by atoms with Gasteiger partial charge in [-0.15, -0.1) is 0 Å². The molecular formula is C34H40ClN3O4. The molecule has 0 aliphatic carbocycles. The molecule has 1 saturated heterocycles. The maximum Gasteiger partial charge on any atom is 0.244 e. The second kappa shape index (κ2) is 15.1. The van der Waals surface area contributed by atoms with Gasteiger partial charge in [0.1, 0.15) is 0 Å². The lowest BCUT2D eigenvalue weighted by Gasteiger charge is -2.33. The molecule has 222 valence electrons. The van der Waals surface area contributed by atoms with Crippen LogP contribution in [0.5, 0.6) is 17.2 Å². The van der Waals surface area contributed by atoms with Crippen LogP contribution in [-0.4, -0.2) is 60.9 Å². The number of rotatable bonds is 4. The van der Waals surface area contributed by atoms with Crippen LogP contribution >= 0.6 is 11.6 Å². The molecule has 7 nitrogen and oxygen atoms in total. The van der Waals surface area contributed by atoms with Gasteiger partial charge < -0.3 is 19.7 Å². The summed E-state index contributed by atoms with van der Waals surface area (Å²) in [6.45, 7) is 3.23. The number of anilines is 1.